The Balaban J connectivity index is 0.000000165. The van der Waals surface area contributed by atoms with Gasteiger partial charge in [0.05, 0.1) is 0 Å². The minimum absolute atomic E-state index is 0.0192. The molecule has 2 rings (SSSR count). The quantitative estimate of drug-likeness (QED) is 0.590. The van der Waals surface area contributed by atoms with Crippen LogP contribution in [0.1, 0.15) is 16.7 Å². The van der Waals surface area contributed by atoms with Crippen molar-refractivity contribution in [2.24, 2.45) is 0 Å². The van der Waals surface area contributed by atoms with Crippen molar-refractivity contribution in [2.45, 2.75) is 6.92 Å². The second kappa shape index (κ2) is 6.95. The van der Waals surface area contributed by atoms with Gasteiger partial charge >= 0.3 is 0 Å². The van der Waals surface area contributed by atoms with E-state index < -0.39 is 0 Å². The molecule has 16 heavy (non-hydrogen) atoms. The molecule has 0 saturated heterocycles. The molecule has 0 aliphatic heterocycles. The highest BCUT2D eigenvalue weighted by atomic mass is 79.9. The van der Waals surface area contributed by atoms with Gasteiger partial charge in [-0.15, -0.1) is 22.7 Å². The smallest absolute Gasteiger partial charge is 0.188 e. The molecule has 3 nitrogen and oxygen atoms in total. The van der Waals surface area contributed by atoms with Gasteiger partial charge < -0.3 is 0 Å². The molecule has 0 unspecified atom stereocenters. The standard InChI is InChI=1S/C5H4BrNOS.C3HBr2NS/c1-3(8)5-7-4(6)2-9-5;4-2-1-7-3(5)6-2/h2H,1H3;1H. The molecule has 0 bridgehead atoms. The first-order chi connectivity index (χ1) is 7.49. The molecule has 0 aliphatic rings. The number of aromatic nitrogens is 2. The van der Waals surface area contributed by atoms with Gasteiger partial charge in [-0.05, 0) is 47.8 Å². The van der Waals surface area contributed by atoms with Gasteiger partial charge in [-0.3, -0.25) is 4.79 Å². The van der Waals surface area contributed by atoms with Gasteiger partial charge in [0.2, 0.25) is 0 Å². The molecule has 0 atom stereocenters. The van der Waals surface area contributed by atoms with E-state index in [9.17, 15) is 4.79 Å². The molecule has 2 aromatic heterocycles. The topological polar surface area (TPSA) is 42.9 Å². The van der Waals surface area contributed by atoms with Crippen molar-refractivity contribution in [3.05, 3.63) is 28.9 Å². The predicted molar refractivity (Wildman–Crippen MR) is 77.3 cm³/mol. The van der Waals surface area contributed by atoms with Crippen LogP contribution in [0.25, 0.3) is 0 Å². The zero-order valence-electron chi connectivity index (χ0n) is 7.91. The second-order valence-electron chi connectivity index (χ2n) is 2.45. The molecule has 0 radical (unpaired) electrons. The van der Waals surface area contributed by atoms with Gasteiger partial charge in [-0.1, -0.05) is 0 Å². The Morgan fingerprint density at radius 1 is 1.12 bits per heavy atom. The number of hydrogen-bond donors (Lipinski definition) is 0. The van der Waals surface area contributed by atoms with E-state index in [1.54, 1.807) is 16.7 Å². The number of thiazole rings is 2. The molecule has 86 valence electrons. The summed E-state index contributed by atoms with van der Waals surface area (Å²) < 4.78 is 2.54. The Labute approximate surface area is 126 Å². The van der Waals surface area contributed by atoms with Crippen LogP contribution < -0.4 is 0 Å². The molecule has 2 aromatic rings. The van der Waals surface area contributed by atoms with Crippen molar-refractivity contribution in [2.75, 3.05) is 0 Å². The van der Waals surface area contributed by atoms with Crippen molar-refractivity contribution in [3.63, 3.8) is 0 Å². The van der Waals surface area contributed by atoms with Crippen molar-refractivity contribution in [1.29, 1.82) is 0 Å². The molecule has 8 heteroatoms. The fourth-order valence-corrected chi connectivity index (χ4v) is 3.49. The number of carbonyl (C=O) groups excluding carboxylic acids is 1. The third-order valence-corrected chi connectivity index (χ3v) is 4.95. The summed E-state index contributed by atoms with van der Waals surface area (Å²) in [7, 11) is 0. The number of carbonyl (C=O) groups is 1. The van der Waals surface area contributed by atoms with Crippen LogP contribution in [0.3, 0.4) is 0 Å². The Hall–Kier alpha value is 0.370. The van der Waals surface area contributed by atoms with Crippen LogP contribution in [0.2, 0.25) is 0 Å². The third-order valence-electron chi connectivity index (χ3n) is 1.23. The number of rotatable bonds is 1. The summed E-state index contributed by atoms with van der Waals surface area (Å²) in [5.41, 5.74) is 0. The summed E-state index contributed by atoms with van der Waals surface area (Å²) in [6, 6.07) is 0. The van der Waals surface area contributed by atoms with Crippen molar-refractivity contribution >= 4 is 76.2 Å². The van der Waals surface area contributed by atoms with Crippen molar-refractivity contribution in [3.8, 4) is 0 Å². The maximum Gasteiger partial charge on any atom is 0.188 e. The Morgan fingerprint density at radius 3 is 1.88 bits per heavy atom. The lowest BCUT2D eigenvalue weighted by Gasteiger charge is -1.79. The van der Waals surface area contributed by atoms with Crippen LogP contribution >= 0.6 is 70.5 Å². The number of halogens is 3. The molecular weight excluding hydrogens is 444 g/mol. The lowest BCUT2D eigenvalue weighted by atomic mass is 10.5. The first-order valence-corrected chi connectivity index (χ1v) is 8.01. The zero-order chi connectivity index (χ0) is 12.1. The SMILES string of the molecule is Brc1csc(Br)n1.CC(=O)c1nc(Br)cs1. The van der Waals surface area contributed by atoms with Crippen LogP contribution in [0.15, 0.2) is 23.9 Å². The predicted octanol–water partition coefficient (Wildman–Crippen LogP) is 4.78. The second-order valence-corrected chi connectivity index (χ2v) is 7.07. The monoisotopic (exact) mass is 446 g/mol. The van der Waals surface area contributed by atoms with Crippen molar-refractivity contribution in [1.82, 2.24) is 9.97 Å². The van der Waals surface area contributed by atoms with Crippen LogP contribution in [0.5, 0.6) is 0 Å². The van der Waals surface area contributed by atoms with E-state index in [1.807, 2.05) is 5.38 Å². The highest BCUT2D eigenvalue weighted by Crippen LogP contribution is 2.19. The van der Waals surface area contributed by atoms with E-state index in [2.05, 4.69) is 57.8 Å². The van der Waals surface area contributed by atoms with Crippen molar-refractivity contribution < 1.29 is 4.79 Å². The summed E-state index contributed by atoms with van der Waals surface area (Å²) in [5, 5.41) is 4.27. The summed E-state index contributed by atoms with van der Waals surface area (Å²) in [6.45, 7) is 1.51. The van der Waals surface area contributed by atoms with Gasteiger partial charge in [-0.25, -0.2) is 9.97 Å². The minimum atomic E-state index is 0.0192. The maximum atomic E-state index is 10.6. The van der Waals surface area contributed by atoms with E-state index in [1.165, 1.54) is 18.3 Å². The van der Waals surface area contributed by atoms with Gasteiger partial charge in [0, 0.05) is 17.7 Å². The fourth-order valence-electron chi connectivity index (χ4n) is 0.650. The third kappa shape index (κ3) is 5.13. The van der Waals surface area contributed by atoms with E-state index in [0.717, 1.165) is 13.1 Å². The molecule has 0 aromatic carbocycles. The largest absolute Gasteiger partial charge is 0.292 e. The Bertz CT molecular complexity index is 467. The molecule has 2 heterocycles. The summed E-state index contributed by atoms with van der Waals surface area (Å²) in [6.07, 6.45) is 0. The fraction of sp³-hybridized carbons (Fsp3) is 0.125. The minimum Gasteiger partial charge on any atom is -0.292 e. The van der Waals surface area contributed by atoms with Gasteiger partial charge in [0.25, 0.3) is 0 Å². The van der Waals surface area contributed by atoms with Crippen LogP contribution in [0, 0.1) is 0 Å². The van der Waals surface area contributed by atoms with Crippen LogP contribution in [-0.2, 0) is 0 Å². The number of Topliss-reactive ketones (excluding diaryl/α,β-unsaturated/α-hetero) is 1. The lowest BCUT2D eigenvalue weighted by molar-refractivity contribution is 0.101. The lowest BCUT2D eigenvalue weighted by Crippen LogP contribution is -1.88. The average molecular weight is 449 g/mol. The Kier molecular flexibility index (Phi) is 6.27. The molecule has 0 amide bonds. The van der Waals surface area contributed by atoms with Gasteiger partial charge in [-0.2, -0.15) is 0 Å². The first-order valence-electron chi connectivity index (χ1n) is 3.87. The molecule has 0 aliphatic carbocycles. The first kappa shape index (κ1) is 14.4. The highest BCUT2D eigenvalue weighted by molar-refractivity contribution is 9.11. The summed E-state index contributed by atoms with van der Waals surface area (Å²) in [5.74, 6) is 0.0192. The number of nitrogens with zero attached hydrogens (tertiary/aromatic N) is 2. The van der Waals surface area contributed by atoms with E-state index in [-0.39, 0.29) is 5.78 Å². The maximum absolute atomic E-state index is 10.6. The highest BCUT2D eigenvalue weighted by Gasteiger charge is 2.02. The molecule has 0 spiro atoms. The summed E-state index contributed by atoms with van der Waals surface area (Å²) in [4.78, 5) is 18.4. The average Bonchev–Trinajstić information content (AvgIpc) is 2.76. The molecule has 0 N–H and O–H groups in total. The van der Waals surface area contributed by atoms with Gasteiger partial charge in [0.1, 0.15) is 9.21 Å². The summed E-state index contributed by atoms with van der Waals surface area (Å²) >= 11 is 12.5. The van der Waals surface area contributed by atoms with E-state index >= 15 is 0 Å². The normalized spacial score (nSPS) is 9.50. The van der Waals surface area contributed by atoms with E-state index in [4.69, 9.17) is 0 Å². The van der Waals surface area contributed by atoms with Gasteiger partial charge in [0.15, 0.2) is 14.7 Å². The van der Waals surface area contributed by atoms with E-state index in [0.29, 0.717) is 5.01 Å². The molecular formula is C8H5Br3N2OS2. The van der Waals surface area contributed by atoms with Crippen LogP contribution in [-0.4, -0.2) is 15.8 Å². The number of ketones is 1. The molecule has 0 fully saturated rings. The van der Waals surface area contributed by atoms with Crippen LogP contribution in [0.4, 0.5) is 0 Å². The molecule has 0 saturated carbocycles. The number of hydrogen-bond acceptors (Lipinski definition) is 5. The zero-order valence-corrected chi connectivity index (χ0v) is 14.3. The Morgan fingerprint density at radius 2 is 1.69 bits per heavy atom.